The van der Waals surface area contributed by atoms with Crippen LogP contribution in [0.3, 0.4) is 0 Å². The molecule has 0 aliphatic rings. The predicted molar refractivity (Wildman–Crippen MR) is 122 cm³/mol. The van der Waals surface area contributed by atoms with Crippen LogP contribution in [-0.4, -0.2) is 20.5 Å². The number of carbonyl (C=O) groups excluding carboxylic acids is 1. The van der Waals surface area contributed by atoms with Crippen LogP contribution in [0.4, 0.5) is 39.5 Å². The van der Waals surface area contributed by atoms with Gasteiger partial charge in [0.25, 0.3) is 0 Å². The van der Waals surface area contributed by atoms with Gasteiger partial charge >= 0.3 is 28.6 Å². The first kappa shape index (κ1) is 30.5. The van der Waals surface area contributed by atoms with Gasteiger partial charge in [0.15, 0.2) is 5.75 Å². The van der Waals surface area contributed by atoms with Crippen LogP contribution < -0.4 is 9.61 Å². The highest BCUT2D eigenvalue weighted by atomic mass is 32.2. The summed E-state index contributed by atoms with van der Waals surface area (Å²) in [7, 11) is -4.63. The number of hydrogen-bond acceptors (Lipinski definition) is 5. The fraction of sp³-hybridized carbons (Fsp3) is 0.167. The lowest BCUT2D eigenvalue weighted by atomic mass is 10.00. The lowest BCUT2D eigenvalue weighted by Crippen LogP contribution is -2.22. The van der Waals surface area contributed by atoms with Gasteiger partial charge in [-0.05, 0) is 60.2 Å². The first-order valence-electron chi connectivity index (χ1n) is 10.7. The molecule has 3 rings (SSSR count). The van der Waals surface area contributed by atoms with E-state index in [1.165, 1.54) is 18.2 Å². The molecule has 214 valence electrons. The van der Waals surface area contributed by atoms with Crippen molar-refractivity contribution in [1.82, 2.24) is 5.43 Å². The summed E-state index contributed by atoms with van der Waals surface area (Å²) in [4.78, 5) is 11.5. The SMILES string of the molecule is O=C(Cc1cc(C(F)(F)F)ccc1C(F)(F)F)N/N=C/c1ccccc1OS(=O)(=O)c1ccc(C(F)(F)F)cc1. The summed E-state index contributed by atoms with van der Waals surface area (Å²) in [6.07, 6.45) is -15.0. The number of hydrazone groups is 1. The van der Waals surface area contributed by atoms with Gasteiger partial charge in [0.1, 0.15) is 4.90 Å². The Bertz CT molecular complexity index is 1510. The van der Waals surface area contributed by atoms with Crippen molar-refractivity contribution < 1.29 is 56.9 Å². The molecule has 6 nitrogen and oxygen atoms in total. The van der Waals surface area contributed by atoms with Gasteiger partial charge in [-0.2, -0.15) is 53.0 Å². The molecule has 0 spiro atoms. The van der Waals surface area contributed by atoms with E-state index in [9.17, 15) is 52.7 Å². The molecule has 0 bridgehead atoms. The highest BCUT2D eigenvalue weighted by Gasteiger charge is 2.37. The highest BCUT2D eigenvalue weighted by Crippen LogP contribution is 2.37. The van der Waals surface area contributed by atoms with Crippen molar-refractivity contribution in [1.29, 1.82) is 0 Å². The second kappa shape index (κ2) is 11.2. The lowest BCUT2D eigenvalue weighted by molar-refractivity contribution is -0.142. The largest absolute Gasteiger partial charge is 0.416 e. The fourth-order valence-electron chi connectivity index (χ4n) is 3.22. The third-order valence-corrected chi connectivity index (χ3v) is 6.32. The molecule has 1 amide bonds. The van der Waals surface area contributed by atoms with Crippen molar-refractivity contribution in [3.8, 4) is 5.75 Å². The van der Waals surface area contributed by atoms with Crippen molar-refractivity contribution >= 4 is 22.2 Å². The molecule has 3 aromatic carbocycles. The van der Waals surface area contributed by atoms with Crippen LogP contribution in [0.5, 0.6) is 5.75 Å². The summed E-state index contributed by atoms with van der Waals surface area (Å²) in [5, 5.41) is 3.47. The quantitative estimate of drug-likeness (QED) is 0.152. The van der Waals surface area contributed by atoms with E-state index in [-0.39, 0.29) is 29.5 Å². The van der Waals surface area contributed by atoms with Crippen LogP contribution in [0.2, 0.25) is 0 Å². The number of nitrogens with zero attached hydrogens (tertiary/aromatic N) is 1. The van der Waals surface area contributed by atoms with Gasteiger partial charge in [0.05, 0.1) is 29.3 Å². The molecular formula is C24H15F9N2O4S. The van der Waals surface area contributed by atoms with Crippen molar-refractivity contribution in [3.05, 3.63) is 94.5 Å². The van der Waals surface area contributed by atoms with Crippen LogP contribution in [-0.2, 0) is 39.9 Å². The van der Waals surface area contributed by atoms with Crippen LogP contribution in [0.1, 0.15) is 27.8 Å². The van der Waals surface area contributed by atoms with Gasteiger partial charge in [-0.1, -0.05) is 12.1 Å². The van der Waals surface area contributed by atoms with Crippen molar-refractivity contribution in [3.63, 3.8) is 0 Å². The standard InChI is InChI=1S/C24H15F9N2O4S/c25-22(26,27)16-5-8-18(9-6-16)40(37,38)39-20-4-2-1-3-14(20)13-34-35-21(36)12-15-11-17(23(28,29)30)7-10-19(15)24(31,32)33/h1-11,13H,12H2,(H,35,36)/b34-13+. The second-order valence-corrected chi connectivity index (χ2v) is 9.48. The number of halogens is 9. The van der Waals surface area contributed by atoms with Crippen LogP contribution in [0.15, 0.2) is 76.7 Å². The molecule has 16 heteroatoms. The number of amides is 1. The predicted octanol–water partition coefficient (Wildman–Crippen LogP) is 6.20. The van der Waals surface area contributed by atoms with Gasteiger partial charge in [-0.3, -0.25) is 4.79 Å². The molecule has 40 heavy (non-hydrogen) atoms. The van der Waals surface area contributed by atoms with E-state index in [1.54, 1.807) is 0 Å². The molecule has 0 heterocycles. The number of alkyl halides is 9. The van der Waals surface area contributed by atoms with Crippen molar-refractivity contribution in [2.24, 2.45) is 5.10 Å². The maximum Gasteiger partial charge on any atom is 0.416 e. The molecule has 0 saturated heterocycles. The molecular weight excluding hydrogens is 583 g/mol. The van der Waals surface area contributed by atoms with Gasteiger partial charge in [0.2, 0.25) is 5.91 Å². The number of hydrogen-bond donors (Lipinski definition) is 1. The molecule has 0 aromatic heterocycles. The third kappa shape index (κ3) is 7.74. The summed E-state index contributed by atoms with van der Waals surface area (Å²) in [6, 6.07) is 8.18. The maximum absolute atomic E-state index is 13.2. The minimum Gasteiger partial charge on any atom is -0.378 e. The molecule has 0 radical (unpaired) electrons. The van der Waals surface area contributed by atoms with E-state index >= 15 is 0 Å². The summed E-state index contributed by atoms with van der Waals surface area (Å²) < 4.78 is 147. The first-order valence-corrected chi connectivity index (χ1v) is 12.1. The first-order chi connectivity index (χ1) is 18.4. The van der Waals surface area contributed by atoms with Gasteiger partial charge < -0.3 is 4.18 Å². The van der Waals surface area contributed by atoms with E-state index in [1.807, 2.05) is 5.43 Å². The minimum absolute atomic E-state index is 0.0895. The summed E-state index contributed by atoms with van der Waals surface area (Å²) >= 11 is 0. The van der Waals surface area contributed by atoms with E-state index in [2.05, 4.69) is 5.10 Å². The van der Waals surface area contributed by atoms with Crippen LogP contribution >= 0.6 is 0 Å². The van der Waals surface area contributed by atoms with Gasteiger partial charge in [-0.25, -0.2) is 5.43 Å². The highest BCUT2D eigenvalue weighted by molar-refractivity contribution is 7.87. The zero-order chi connectivity index (χ0) is 29.9. The van der Waals surface area contributed by atoms with Crippen molar-refractivity contribution in [2.75, 3.05) is 0 Å². The fourth-order valence-corrected chi connectivity index (χ4v) is 4.17. The molecule has 0 aliphatic heterocycles. The number of para-hydroxylation sites is 1. The lowest BCUT2D eigenvalue weighted by Gasteiger charge is -2.15. The zero-order valence-corrected chi connectivity index (χ0v) is 20.3. The van der Waals surface area contributed by atoms with E-state index in [0.717, 1.165) is 12.3 Å². The molecule has 1 N–H and O–H groups in total. The minimum atomic E-state index is -5.04. The maximum atomic E-state index is 13.2. The average molecular weight is 598 g/mol. The third-order valence-electron chi connectivity index (χ3n) is 5.07. The molecule has 0 aliphatic carbocycles. The number of benzene rings is 3. The Hall–Kier alpha value is -4.08. The summed E-state index contributed by atoms with van der Waals surface area (Å²) in [5.41, 5.74) is -3.16. The van der Waals surface area contributed by atoms with Crippen molar-refractivity contribution in [2.45, 2.75) is 29.8 Å². The van der Waals surface area contributed by atoms with E-state index in [0.29, 0.717) is 24.3 Å². The molecule has 0 unspecified atom stereocenters. The number of carbonyl (C=O) groups is 1. The average Bonchev–Trinajstić information content (AvgIpc) is 2.83. The van der Waals surface area contributed by atoms with Crippen LogP contribution in [0, 0.1) is 0 Å². The number of rotatable bonds is 7. The second-order valence-electron chi connectivity index (χ2n) is 7.93. The normalized spacial score (nSPS) is 12.9. The monoisotopic (exact) mass is 598 g/mol. The van der Waals surface area contributed by atoms with E-state index in [4.69, 9.17) is 4.18 Å². The Kier molecular flexibility index (Phi) is 8.52. The molecule has 0 saturated carbocycles. The molecule has 0 fully saturated rings. The Labute approximate surface area is 220 Å². The van der Waals surface area contributed by atoms with Crippen LogP contribution in [0.25, 0.3) is 0 Å². The number of nitrogens with one attached hydrogen (secondary N) is 1. The Balaban J connectivity index is 1.76. The zero-order valence-electron chi connectivity index (χ0n) is 19.5. The Morgan fingerprint density at radius 3 is 1.95 bits per heavy atom. The molecule has 0 atom stereocenters. The molecule has 3 aromatic rings. The summed E-state index contributed by atoms with van der Waals surface area (Å²) in [6.45, 7) is 0. The van der Waals surface area contributed by atoms with E-state index < -0.39 is 68.1 Å². The Morgan fingerprint density at radius 2 is 1.38 bits per heavy atom. The topological polar surface area (TPSA) is 84.8 Å². The summed E-state index contributed by atoms with van der Waals surface area (Å²) in [5.74, 6) is -1.60. The van der Waals surface area contributed by atoms with Gasteiger partial charge in [-0.15, -0.1) is 0 Å². The Morgan fingerprint density at radius 1 is 0.800 bits per heavy atom. The smallest absolute Gasteiger partial charge is 0.378 e. The van der Waals surface area contributed by atoms with Gasteiger partial charge in [0, 0.05) is 5.56 Å².